The third-order valence-electron chi connectivity index (χ3n) is 2.68. The fraction of sp³-hybridized carbons (Fsp3) is 0.0769. The number of sulfonamides is 1. The number of aromatic nitrogens is 1. The monoisotopic (exact) mass is 307 g/mol. The van der Waals surface area contributed by atoms with Gasteiger partial charge >= 0.3 is 0 Å². The molecule has 3 N–H and O–H groups in total. The molecule has 0 bridgehead atoms. The Morgan fingerprint density at radius 1 is 1.24 bits per heavy atom. The number of anilines is 1. The van der Waals surface area contributed by atoms with Crippen molar-refractivity contribution < 1.29 is 17.9 Å². The molecule has 0 aliphatic carbocycles. The maximum atomic E-state index is 12.3. The second-order valence-corrected chi connectivity index (χ2v) is 5.75. The molecule has 0 aliphatic rings. The summed E-state index contributed by atoms with van der Waals surface area (Å²) in [5.74, 6) is -0.557. The van der Waals surface area contributed by atoms with E-state index in [0.717, 1.165) is 0 Å². The van der Waals surface area contributed by atoms with E-state index in [1.807, 2.05) is 0 Å². The highest BCUT2D eigenvalue weighted by molar-refractivity contribution is 7.92. The van der Waals surface area contributed by atoms with Crippen molar-refractivity contribution in [2.45, 2.75) is 4.90 Å². The first-order valence-corrected chi connectivity index (χ1v) is 7.33. The molecule has 1 aromatic carbocycles. The molecular weight excluding hydrogens is 294 g/mol. The van der Waals surface area contributed by atoms with E-state index in [-0.39, 0.29) is 16.2 Å². The van der Waals surface area contributed by atoms with Gasteiger partial charge in [-0.05, 0) is 30.3 Å². The minimum atomic E-state index is -3.84. The van der Waals surface area contributed by atoms with Crippen molar-refractivity contribution in [2.75, 3.05) is 11.8 Å². The molecule has 0 spiro atoms. The van der Waals surface area contributed by atoms with Crippen LogP contribution in [0, 0.1) is 0 Å². The number of rotatable bonds is 5. The average molecular weight is 307 g/mol. The van der Waals surface area contributed by atoms with E-state index in [9.17, 15) is 13.2 Å². The molecule has 0 saturated carbocycles. The number of methoxy groups -OCH3 is 1. The molecule has 0 fully saturated rings. The highest BCUT2D eigenvalue weighted by atomic mass is 32.2. The van der Waals surface area contributed by atoms with Gasteiger partial charge in [-0.2, -0.15) is 0 Å². The topological polar surface area (TPSA) is 111 Å². The molecule has 0 atom stereocenters. The molecule has 7 nitrogen and oxygen atoms in total. The third-order valence-corrected chi connectivity index (χ3v) is 4.06. The Morgan fingerprint density at radius 2 is 1.90 bits per heavy atom. The minimum absolute atomic E-state index is 0.00453. The fourth-order valence-electron chi connectivity index (χ4n) is 1.68. The van der Waals surface area contributed by atoms with Crippen molar-refractivity contribution in [3.63, 3.8) is 0 Å². The summed E-state index contributed by atoms with van der Waals surface area (Å²) in [6.07, 6.45) is 2.92. The zero-order chi connectivity index (χ0) is 15.5. The molecule has 0 aliphatic heterocycles. The summed E-state index contributed by atoms with van der Waals surface area (Å²) in [6.45, 7) is 0. The molecule has 1 heterocycles. The molecule has 0 unspecified atom stereocenters. The van der Waals surface area contributed by atoms with Gasteiger partial charge in [0.1, 0.15) is 5.75 Å². The number of hydrogen-bond acceptors (Lipinski definition) is 5. The zero-order valence-corrected chi connectivity index (χ0v) is 11.9. The maximum absolute atomic E-state index is 12.3. The maximum Gasteiger partial charge on any atom is 0.261 e. The van der Waals surface area contributed by atoms with Gasteiger partial charge in [0.2, 0.25) is 0 Å². The number of carbonyl (C=O) groups excluding carboxylic acids is 1. The first-order chi connectivity index (χ1) is 9.94. The highest BCUT2D eigenvalue weighted by Gasteiger charge is 2.18. The van der Waals surface area contributed by atoms with Crippen molar-refractivity contribution in [1.29, 1.82) is 0 Å². The summed E-state index contributed by atoms with van der Waals surface area (Å²) >= 11 is 0. The molecule has 1 amide bonds. The van der Waals surface area contributed by atoms with Crippen LogP contribution in [-0.2, 0) is 10.0 Å². The second-order valence-electron chi connectivity index (χ2n) is 4.07. The van der Waals surface area contributed by atoms with E-state index in [0.29, 0.717) is 5.69 Å². The van der Waals surface area contributed by atoms with E-state index in [2.05, 4.69) is 9.71 Å². The molecule has 21 heavy (non-hydrogen) atoms. The lowest BCUT2D eigenvalue weighted by molar-refractivity contribution is 0.0997. The van der Waals surface area contributed by atoms with E-state index >= 15 is 0 Å². The molecule has 0 radical (unpaired) electrons. The van der Waals surface area contributed by atoms with Crippen molar-refractivity contribution in [3.05, 3.63) is 48.3 Å². The molecule has 8 heteroatoms. The summed E-state index contributed by atoms with van der Waals surface area (Å²) in [6, 6.07) is 6.90. The van der Waals surface area contributed by atoms with Gasteiger partial charge in [0.25, 0.3) is 15.9 Å². The van der Waals surface area contributed by atoms with E-state index in [4.69, 9.17) is 10.5 Å². The normalized spacial score (nSPS) is 10.9. The van der Waals surface area contributed by atoms with Crippen LogP contribution in [0.15, 0.2) is 47.6 Å². The Labute approximate surface area is 121 Å². The zero-order valence-electron chi connectivity index (χ0n) is 11.1. The van der Waals surface area contributed by atoms with Gasteiger partial charge in [-0.15, -0.1) is 0 Å². The smallest absolute Gasteiger partial charge is 0.261 e. The molecule has 2 rings (SSSR count). The lowest BCUT2D eigenvalue weighted by atomic mass is 10.2. The quantitative estimate of drug-likeness (QED) is 0.855. The SMILES string of the molecule is COc1ccc(S(=O)(=O)Nc2ccncc2)cc1C(N)=O. The van der Waals surface area contributed by atoms with E-state index in [1.54, 1.807) is 0 Å². The van der Waals surface area contributed by atoms with Gasteiger partial charge in [0.15, 0.2) is 0 Å². The molecule has 0 saturated heterocycles. The third kappa shape index (κ3) is 3.29. The van der Waals surface area contributed by atoms with E-state index < -0.39 is 15.9 Å². The van der Waals surface area contributed by atoms with Crippen LogP contribution in [0.1, 0.15) is 10.4 Å². The number of nitrogens with one attached hydrogen (secondary N) is 1. The van der Waals surface area contributed by atoms with Gasteiger partial charge in [0, 0.05) is 12.4 Å². The summed E-state index contributed by atoms with van der Waals surface area (Å²) in [7, 11) is -2.47. The number of nitrogens with two attached hydrogens (primary N) is 1. The van der Waals surface area contributed by atoms with Crippen molar-refractivity contribution in [1.82, 2.24) is 4.98 Å². The Kier molecular flexibility index (Phi) is 4.08. The predicted molar refractivity (Wildman–Crippen MR) is 76.6 cm³/mol. The predicted octanol–water partition coefficient (Wildman–Crippen LogP) is 0.990. The Bertz CT molecular complexity index is 760. The Balaban J connectivity index is 2.41. The largest absolute Gasteiger partial charge is 0.496 e. The van der Waals surface area contributed by atoms with Gasteiger partial charge in [-0.1, -0.05) is 0 Å². The molecular formula is C13H13N3O4S. The van der Waals surface area contributed by atoms with Crippen LogP contribution >= 0.6 is 0 Å². The van der Waals surface area contributed by atoms with E-state index in [1.165, 1.54) is 49.8 Å². The first-order valence-electron chi connectivity index (χ1n) is 5.85. The first kappa shape index (κ1) is 14.8. The van der Waals surface area contributed by atoms with Crippen molar-refractivity contribution >= 4 is 21.6 Å². The number of hydrogen-bond donors (Lipinski definition) is 2. The lowest BCUT2D eigenvalue weighted by Crippen LogP contribution is -2.16. The number of primary amides is 1. The summed E-state index contributed by atoms with van der Waals surface area (Å²) in [5.41, 5.74) is 5.57. The van der Waals surface area contributed by atoms with Crippen LogP contribution in [0.3, 0.4) is 0 Å². The number of carbonyl (C=O) groups is 1. The minimum Gasteiger partial charge on any atom is -0.496 e. The van der Waals surface area contributed by atoms with Crippen LogP contribution in [0.25, 0.3) is 0 Å². The van der Waals surface area contributed by atoms with Crippen LogP contribution in [-0.4, -0.2) is 26.4 Å². The van der Waals surface area contributed by atoms with Gasteiger partial charge < -0.3 is 10.5 Å². The van der Waals surface area contributed by atoms with Crippen LogP contribution in [0.5, 0.6) is 5.75 Å². The standard InChI is InChI=1S/C13H13N3O4S/c1-20-12-3-2-10(8-11(12)13(14)17)21(18,19)16-9-4-6-15-7-5-9/h2-8H,1H3,(H2,14,17)(H,15,16). The number of ether oxygens (including phenoxy) is 1. The molecule has 1 aromatic heterocycles. The van der Waals surface area contributed by atoms with Crippen molar-refractivity contribution in [3.8, 4) is 5.75 Å². The summed E-state index contributed by atoms with van der Waals surface area (Å²) in [5, 5.41) is 0. The Hall–Kier alpha value is -2.61. The van der Waals surface area contributed by atoms with Crippen LogP contribution in [0.2, 0.25) is 0 Å². The van der Waals surface area contributed by atoms with Crippen LogP contribution < -0.4 is 15.2 Å². The molecule has 2 aromatic rings. The second kappa shape index (κ2) is 5.80. The average Bonchev–Trinajstić information content (AvgIpc) is 2.47. The number of amides is 1. The number of pyridine rings is 1. The van der Waals surface area contributed by atoms with Gasteiger partial charge in [-0.25, -0.2) is 8.42 Å². The van der Waals surface area contributed by atoms with Gasteiger partial charge in [-0.3, -0.25) is 14.5 Å². The molecule has 110 valence electrons. The number of nitrogens with zero attached hydrogens (tertiary/aromatic N) is 1. The number of benzene rings is 1. The fourth-order valence-corrected chi connectivity index (χ4v) is 2.77. The van der Waals surface area contributed by atoms with Crippen LogP contribution in [0.4, 0.5) is 5.69 Å². The highest BCUT2D eigenvalue weighted by Crippen LogP contribution is 2.23. The van der Waals surface area contributed by atoms with Crippen molar-refractivity contribution in [2.24, 2.45) is 5.73 Å². The summed E-state index contributed by atoms with van der Waals surface area (Å²) < 4.78 is 31.8. The van der Waals surface area contributed by atoms with Gasteiger partial charge in [0.05, 0.1) is 23.3 Å². The Morgan fingerprint density at radius 3 is 2.48 bits per heavy atom. The summed E-state index contributed by atoms with van der Waals surface area (Å²) in [4.78, 5) is 15.0. The lowest BCUT2D eigenvalue weighted by Gasteiger charge is -2.10.